The van der Waals surface area contributed by atoms with Crippen LogP contribution < -0.4 is 11.1 Å². The van der Waals surface area contributed by atoms with Crippen LogP contribution in [-0.4, -0.2) is 42.5 Å². The van der Waals surface area contributed by atoms with E-state index >= 15 is 0 Å². The van der Waals surface area contributed by atoms with Crippen molar-refractivity contribution >= 4 is 0 Å². The van der Waals surface area contributed by atoms with Gasteiger partial charge in [-0.2, -0.15) is 0 Å². The van der Waals surface area contributed by atoms with Crippen molar-refractivity contribution in [3.05, 3.63) is 0 Å². The maximum Gasteiger partial charge on any atom is 0.102 e. The summed E-state index contributed by atoms with van der Waals surface area (Å²) in [6, 6.07) is 0.163. The lowest BCUT2D eigenvalue weighted by Crippen LogP contribution is -2.39. The average Bonchev–Trinajstić information content (AvgIpc) is 2.67. The van der Waals surface area contributed by atoms with Crippen LogP contribution in [0.15, 0.2) is 0 Å². The Labute approximate surface area is 59.3 Å². The predicted molar refractivity (Wildman–Crippen MR) is 35.5 cm³/mol. The van der Waals surface area contributed by atoms with E-state index < -0.39 is 6.10 Å². The number of aliphatic hydroxyl groups is 1. The summed E-state index contributed by atoms with van der Waals surface area (Å²) in [5.74, 6) is 0. The van der Waals surface area contributed by atoms with Crippen LogP contribution in [0, 0.1) is 0 Å². The van der Waals surface area contributed by atoms with Crippen LogP contribution >= 0.6 is 0 Å². The van der Waals surface area contributed by atoms with Gasteiger partial charge in [0.2, 0.25) is 0 Å². The van der Waals surface area contributed by atoms with E-state index in [1.54, 1.807) is 0 Å². The number of rotatable bonds is 1. The Hall–Kier alpha value is -0.160. The Morgan fingerprint density at radius 1 is 1.60 bits per heavy atom. The van der Waals surface area contributed by atoms with Gasteiger partial charge >= 0.3 is 0 Å². The SMILES string of the molecule is N[C@H]1CO[C@@H]([C@H]2CN2)[C@@H]1O. The van der Waals surface area contributed by atoms with Crippen molar-refractivity contribution in [2.45, 2.75) is 24.3 Å². The van der Waals surface area contributed by atoms with Gasteiger partial charge in [-0.1, -0.05) is 0 Å². The molecule has 0 aromatic heterocycles. The molecule has 0 aromatic carbocycles. The minimum Gasteiger partial charge on any atom is -0.389 e. The molecule has 0 aliphatic carbocycles. The molecule has 0 amide bonds. The van der Waals surface area contributed by atoms with Gasteiger partial charge in [0.15, 0.2) is 0 Å². The molecular formula is C6H12N2O2. The normalized spacial score (nSPS) is 53.4. The fraction of sp³-hybridized carbons (Fsp3) is 1.00. The Kier molecular flexibility index (Phi) is 1.42. The third-order valence-corrected chi connectivity index (χ3v) is 2.09. The van der Waals surface area contributed by atoms with Crippen LogP contribution in [-0.2, 0) is 4.74 Å². The molecule has 0 spiro atoms. The van der Waals surface area contributed by atoms with Gasteiger partial charge in [0.05, 0.1) is 18.8 Å². The van der Waals surface area contributed by atoms with Crippen molar-refractivity contribution in [3.63, 3.8) is 0 Å². The monoisotopic (exact) mass is 144 g/mol. The summed E-state index contributed by atoms with van der Waals surface area (Å²) in [4.78, 5) is 0. The number of hydrogen-bond donors (Lipinski definition) is 3. The molecule has 4 heteroatoms. The smallest absolute Gasteiger partial charge is 0.102 e. The first-order valence-electron chi connectivity index (χ1n) is 3.57. The fourth-order valence-electron chi connectivity index (χ4n) is 1.32. The van der Waals surface area contributed by atoms with Gasteiger partial charge in [0.25, 0.3) is 0 Å². The van der Waals surface area contributed by atoms with E-state index in [4.69, 9.17) is 10.5 Å². The fourth-order valence-corrected chi connectivity index (χ4v) is 1.32. The first-order valence-corrected chi connectivity index (χ1v) is 3.57. The predicted octanol–water partition coefficient (Wildman–Crippen LogP) is -1.95. The summed E-state index contributed by atoms with van der Waals surface area (Å²) in [5.41, 5.74) is 5.53. The van der Waals surface area contributed by atoms with Crippen LogP contribution in [0.25, 0.3) is 0 Å². The van der Waals surface area contributed by atoms with Crippen LogP contribution in [0.2, 0.25) is 0 Å². The molecule has 2 saturated heterocycles. The van der Waals surface area contributed by atoms with Gasteiger partial charge in [-0.15, -0.1) is 0 Å². The van der Waals surface area contributed by atoms with Gasteiger partial charge in [-0.25, -0.2) is 0 Å². The van der Waals surface area contributed by atoms with Crippen molar-refractivity contribution in [1.29, 1.82) is 0 Å². The zero-order valence-electron chi connectivity index (χ0n) is 5.66. The average molecular weight is 144 g/mol. The van der Waals surface area contributed by atoms with Gasteiger partial charge < -0.3 is 20.9 Å². The summed E-state index contributed by atoms with van der Waals surface area (Å²) in [6.45, 7) is 1.44. The Bertz CT molecular complexity index is 138. The summed E-state index contributed by atoms with van der Waals surface area (Å²) in [7, 11) is 0. The highest BCUT2D eigenvalue weighted by atomic mass is 16.5. The molecule has 0 radical (unpaired) electrons. The maximum absolute atomic E-state index is 9.38. The summed E-state index contributed by atoms with van der Waals surface area (Å²) in [6.07, 6.45) is -0.532. The molecule has 4 nitrogen and oxygen atoms in total. The molecule has 2 aliphatic rings. The lowest BCUT2D eigenvalue weighted by Gasteiger charge is -2.12. The Morgan fingerprint density at radius 3 is 2.70 bits per heavy atom. The minimum atomic E-state index is -0.472. The highest BCUT2D eigenvalue weighted by molar-refractivity contribution is 5.00. The van der Waals surface area contributed by atoms with Crippen molar-refractivity contribution in [1.82, 2.24) is 5.32 Å². The number of nitrogens with one attached hydrogen (secondary N) is 1. The largest absolute Gasteiger partial charge is 0.389 e. The van der Waals surface area contributed by atoms with E-state index in [0.29, 0.717) is 12.6 Å². The highest BCUT2D eigenvalue weighted by Crippen LogP contribution is 2.20. The molecule has 2 heterocycles. The lowest BCUT2D eigenvalue weighted by atomic mass is 10.1. The van der Waals surface area contributed by atoms with E-state index in [2.05, 4.69) is 5.32 Å². The lowest BCUT2D eigenvalue weighted by molar-refractivity contribution is 0.0410. The molecule has 0 bridgehead atoms. The number of ether oxygens (including phenoxy) is 1. The molecule has 2 fully saturated rings. The molecule has 2 aliphatic heterocycles. The second-order valence-electron chi connectivity index (χ2n) is 2.97. The molecule has 0 unspecified atom stereocenters. The molecule has 0 saturated carbocycles. The molecule has 4 atom stereocenters. The minimum absolute atomic E-state index is 0.0602. The molecule has 58 valence electrons. The topological polar surface area (TPSA) is 77.4 Å². The first kappa shape index (κ1) is 6.54. The highest BCUT2D eigenvalue weighted by Gasteiger charge is 2.43. The molecule has 0 aromatic rings. The van der Waals surface area contributed by atoms with Gasteiger partial charge in [-0.05, 0) is 0 Å². The van der Waals surface area contributed by atoms with Crippen molar-refractivity contribution in [2.24, 2.45) is 5.73 Å². The second kappa shape index (κ2) is 2.17. The second-order valence-corrected chi connectivity index (χ2v) is 2.97. The van der Waals surface area contributed by atoms with Gasteiger partial charge in [-0.3, -0.25) is 0 Å². The molecule has 2 rings (SSSR count). The molecule has 4 N–H and O–H groups in total. The Balaban J connectivity index is 1.96. The van der Waals surface area contributed by atoms with Gasteiger partial charge in [0, 0.05) is 12.6 Å². The van der Waals surface area contributed by atoms with Crippen molar-refractivity contribution in [3.8, 4) is 0 Å². The third kappa shape index (κ3) is 0.932. The van der Waals surface area contributed by atoms with E-state index in [1.165, 1.54) is 0 Å². The third-order valence-electron chi connectivity index (χ3n) is 2.09. The standard InChI is InChI=1S/C6H12N2O2/c7-3-2-10-6(5(3)9)4-1-8-4/h3-6,8-9H,1-2,7H2/t3-,4+,5+,6-/m0/s1. The summed E-state index contributed by atoms with van der Waals surface area (Å²) >= 11 is 0. The number of nitrogens with two attached hydrogens (primary N) is 1. The zero-order chi connectivity index (χ0) is 7.14. The first-order chi connectivity index (χ1) is 4.79. The van der Waals surface area contributed by atoms with Crippen LogP contribution in [0.5, 0.6) is 0 Å². The van der Waals surface area contributed by atoms with E-state index in [0.717, 1.165) is 6.54 Å². The maximum atomic E-state index is 9.38. The van der Waals surface area contributed by atoms with Crippen LogP contribution in [0.1, 0.15) is 0 Å². The zero-order valence-corrected chi connectivity index (χ0v) is 5.66. The quantitative estimate of drug-likeness (QED) is 0.374. The van der Waals surface area contributed by atoms with Crippen molar-refractivity contribution in [2.75, 3.05) is 13.2 Å². The van der Waals surface area contributed by atoms with E-state index in [1.807, 2.05) is 0 Å². The number of aliphatic hydroxyl groups excluding tert-OH is 1. The van der Waals surface area contributed by atoms with Crippen molar-refractivity contribution < 1.29 is 9.84 Å². The van der Waals surface area contributed by atoms with Crippen LogP contribution in [0.4, 0.5) is 0 Å². The van der Waals surface area contributed by atoms with Crippen LogP contribution in [0.3, 0.4) is 0 Å². The van der Waals surface area contributed by atoms with E-state index in [-0.39, 0.29) is 12.1 Å². The van der Waals surface area contributed by atoms with E-state index in [9.17, 15) is 5.11 Å². The summed E-state index contributed by atoms with van der Waals surface area (Å²) in [5, 5.41) is 12.5. The van der Waals surface area contributed by atoms with Gasteiger partial charge in [0.1, 0.15) is 6.10 Å². The molecular weight excluding hydrogens is 132 g/mol. The Morgan fingerprint density at radius 2 is 2.30 bits per heavy atom. The summed E-state index contributed by atoms with van der Waals surface area (Å²) < 4.78 is 5.26. The number of hydrogen-bond acceptors (Lipinski definition) is 4. The molecule has 10 heavy (non-hydrogen) atoms.